The molecule has 136 valence electrons. The Hall–Kier alpha value is -2.98. The van der Waals surface area contributed by atoms with Crippen LogP contribution in [0.15, 0.2) is 40.0 Å². The lowest BCUT2D eigenvalue weighted by molar-refractivity contribution is 0.0880. The normalized spacial score (nSPS) is 13.6. The number of benzene rings is 1. The number of nitrogens with two attached hydrogens (primary N) is 1. The van der Waals surface area contributed by atoms with Gasteiger partial charge in [0, 0.05) is 12.6 Å². The topological polar surface area (TPSA) is 140 Å². The lowest BCUT2D eigenvalue weighted by Gasteiger charge is -2.16. The summed E-state index contributed by atoms with van der Waals surface area (Å²) in [5.41, 5.74) is 4.97. The summed E-state index contributed by atoms with van der Waals surface area (Å²) in [6.07, 6.45) is 0.588. The minimum absolute atomic E-state index is 0.00597. The molecule has 1 aromatic carbocycles. The van der Waals surface area contributed by atoms with E-state index in [0.29, 0.717) is 6.42 Å². The summed E-state index contributed by atoms with van der Waals surface area (Å²) in [5.74, 6) is -1.75. The van der Waals surface area contributed by atoms with Crippen molar-refractivity contribution in [2.45, 2.75) is 18.2 Å². The van der Waals surface area contributed by atoms with Crippen LogP contribution in [-0.4, -0.2) is 31.3 Å². The molecular weight excluding hydrogens is 360 g/mol. The van der Waals surface area contributed by atoms with Crippen LogP contribution in [0.4, 0.5) is 5.82 Å². The van der Waals surface area contributed by atoms with E-state index in [-0.39, 0.29) is 34.1 Å². The van der Waals surface area contributed by atoms with Gasteiger partial charge in [0.2, 0.25) is 10.0 Å². The number of amides is 2. The molecule has 4 N–H and O–H groups in total. The van der Waals surface area contributed by atoms with Gasteiger partial charge in [-0.3, -0.25) is 24.3 Å². The number of anilines is 1. The Kier molecular flexibility index (Phi) is 4.38. The van der Waals surface area contributed by atoms with Gasteiger partial charge in [0.15, 0.2) is 0 Å². The van der Waals surface area contributed by atoms with Crippen molar-refractivity contribution in [3.8, 4) is 5.69 Å². The summed E-state index contributed by atoms with van der Waals surface area (Å²) in [6, 6.07) is 6.75. The first kappa shape index (κ1) is 17.8. The van der Waals surface area contributed by atoms with Gasteiger partial charge in [0.05, 0.1) is 16.8 Å². The first-order valence-corrected chi connectivity index (χ1v) is 9.26. The summed E-state index contributed by atoms with van der Waals surface area (Å²) in [5, 5.41) is 2.06. The molecule has 0 unspecified atom stereocenters. The Balaban J connectivity index is 2.28. The molecule has 0 bridgehead atoms. The monoisotopic (exact) mass is 376 g/mol. The molecule has 2 aromatic rings. The maximum Gasteiger partial charge on any atom is 0.262 e. The second-order valence-electron chi connectivity index (χ2n) is 5.64. The number of nitrogen functional groups attached to an aromatic ring is 1. The highest BCUT2D eigenvalue weighted by Crippen LogP contribution is 2.26. The number of hydrogen-bond acceptors (Lipinski definition) is 6. The number of carbonyl (C=O) groups excluding carboxylic acids is 2. The quantitative estimate of drug-likeness (QED) is 0.627. The number of carbonyl (C=O) groups is 2. The predicted molar refractivity (Wildman–Crippen MR) is 93.7 cm³/mol. The molecule has 1 aliphatic rings. The van der Waals surface area contributed by atoms with Crippen molar-refractivity contribution in [1.29, 1.82) is 0 Å². The Bertz CT molecular complexity index is 1090. The van der Waals surface area contributed by atoms with E-state index in [1.807, 2.05) is 6.92 Å². The van der Waals surface area contributed by atoms with E-state index in [1.165, 1.54) is 18.2 Å². The number of rotatable bonds is 5. The molecule has 0 spiro atoms. The van der Waals surface area contributed by atoms with Crippen molar-refractivity contribution >= 4 is 27.7 Å². The van der Waals surface area contributed by atoms with E-state index in [0.717, 1.165) is 10.6 Å². The molecule has 1 aliphatic heterocycles. The Labute approximate surface area is 148 Å². The fraction of sp³-hybridized carbons (Fsp3) is 0.188. The summed E-state index contributed by atoms with van der Waals surface area (Å²) in [7, 11) is -3.91. The van der Waals surface area contributed by atoms with Gasteiger partial charge < -0.3 is 5.73 Å². The van der Waals surface area contributed by atoms with Crippen LogP contribution in [0.1, 0.15) is 34.1 Å². The number of pyridine rings is 1. The van der Waals surface area contributed by atoms with E-state index >= 15 is 0 Å². The number of para-hydroxylation sites is 1. The largest absolute Gasteiger partial charge is 0.384 e. The summed E-state index contributed by atoms with van der Waals surface area (Å²) in [4.78, 5) is 36.0. The molecule has 3 rings (SSSR count). The molecule has 2 amide bonds. The maximum atomic E-state index is 12.6. The van der Waals surface area contributed by atoms with Gasteiger partial charge >= 0.3 is 0 Å². The third-order valence-corrected chi connectivity index (χ3v) is 5.40. The van der Waals surface area contributed by atoms with E-state index < -0.39 is 27.4 Å². The van der Waals surface area contributed by atoms with Gasteiger partial charge in [-0.1, -0.05) is 19.1 Å². The number of hydrogen-bond donors (Lipinski definition) is 3. The molecule has 2 heterocycles. The average Bonchev–Trinajstić information content (AvgIpc) is 2.87. The summed E-state index contributed by atoms with van der Waals surface area (Å²) in [6.45, 7) is 2.04. The lowest BCUT2D eigenvalue weighted by atomic mass is 10.1. The SMILES string of the molecule is CCCNS(=O)(=O)c1ccccc1-n1c(N)c2c(cc1=O)C(=O)NC2=O. The van der Waals surface area contributed by atoms with Crippen LogP contribution in [0.3, 0.4) is 0 Å². The van der Waals surface area contributed by atoms with Crippen molar-refractivity contribution in [1.82, 2.24) is 14.6 Å². The van der Waals surface area contributed by atoms with Crippen LogP contribution < -0.4 is 21.3 Å². The minimum atomic E-state index is -3.91. The Morgan fingerprint density at radius 3 is 2.54 bits per heavy atom. The Morgan fingerprint density at radius 1 is 1.15 bits per heavy atom. The van der Waals surface area contributed by atoms with Crippen LogP contribution in [0.2, 0.25) is 0 Å². The van der Waals surface area contributed by atoms with Crippen LogP contribution in [0.5, 0.6) is 0 Å². The number of sulfonamides is 1. The number of fused-ring (bicyclic) bond motifs is 1. The molecule has 9 nitrogen and oxygen atoms in total. The third-order valence-electron chi connectivity index (χ3n) is 3.89. The first-order valence-electron chi connectivity index (χ1n) is 7.78. The van der Waals surface area contributed by atoms with Gasteiger partial charge in [0.1, 0.15) is 10.7 Å². The van der Waals surface area contributed by atoms with Crippen LogP contribution >= 0.6 is 0 Å². The fourth-order valence-corrected chi connectivity index (χ4v) is 4.03. The second-order valence-corrected chi connectivity index (χ2v) is 7.38. The smallest absolute Gasteiger partial charge is 0.262 e. The van der Waals surface area contributed by atoms with Crippen LogP contribution in [0.25, 0.3) is 5.69 Å². The van der Waals surface area contributed by atoms with Crippen molar-refractivity contribution in [2.24, 2.45) is 0 Å². The molecule has 10 heteroatoms. The van der Waals surface area contributed by atoms with Crippen LogP contribution in [0, 0.1) is 0 Å². The average molecular weight is 376 g/mol. The molecule has 1 aromatic heterocycles. The zero-order chi connectivity index (χ0) is 19.1. The van der Waals surface area contributed by atoms with Crippen LogP contribution in [-0.2, 0) is 10.0 Å². The molecule has 0 radical (unpaired) electrons. The van der Waals surface area contributed by atoms with E-state index in [4.69, 9.17) is 5.73 Å². The summed E-state index contributed by atoms with van der Waals surface area (Å²) < 4.78 is 28.5. The van der Waals surface area contributed by atoms with Crippen molar-refractivity contribution in [3.63, 3.8) is 0 Å². The van der Waals surface area contributed by atoms with Crippen molar-refractivity contribution in [3.05, 3.63) is 51.8 Å². The highest BCUT2D eigenvalue weighted by molar-refractivity contribution is 7.89. The van der Waals surface area contributed by atoms with Crippen molar-refractivity contribution in [2.75, 3.05) is 12.3 Å². The standard InChI is InChI=1S/C16H16N4O5S/c1-2-7-18-26(24,25)11-6-4-3-5-10(11)20-12(21)8-9-13(14(20)17)16(23)19-15(9)22/h3-6,8,18H,2,7,17H2,1H3,(H,19,22,23). The number of imide groups is 1. The fourth-order valence-electron chi connectivity index (χ4n) is 2.71. The maximum absolute atomic E-state index is 12.6. The molecule has 0 atom stereocenters. The highest BCUT2D eigenvalue weighted by Gasteiger charge is 2.32. The lowest BCUT2D eigenvalue weighted by Crippen LogP contribution is -2.29. The molecule has 0 saturated heterocycles. The number of aromatic nitrogens is 1. The summed E-state index contributed by atoms with van der Waals surface area (Å²) >= 11 is 0. The zero-order valence-corrected chi connectivity index (χ0v) is 14.6. The van der Waals surface area contributed by atoms with Gasteiger partial charge in [-0.2, -0.15) is 0 Å². The molecule has 0 fully saturated rings. The minimum Gasteiger partial charge on any atom is -0.384 e. The van der Waals surface area contributed by atoms with Gasteiger partial charge in [-0.15, -0.1) is 0 Å². The number of nitrogens with one attached hydrogen (secondary N) is 2. The Morgan fingerprint density at radius 2 is 1.85 bits per heavy atom. The third kappa shape index (κ3) is 2.78. The highest BCUT2D eigenvalue weighted by atomic mass is 32.2. The van der Waals surface area contributed by atoms with E-state index in [9.17, 15) is 22.8 Å². The van der Waals surface area contributed by atoms with Gasteiger partial charge in [-0.05, 0) is 18.6 Å². The number of nitrogens with zero attached hydrogens (tertiary/aromatic N) is 1. The van der Waals surface area contributed by atoms with Crippen molar-refractivity contribution < 1.29 is 18.0 Å². The first-order chi connectivity index (χ1) is 12.3. The molecule has 0 aliphatic carbocycles. The van der Waals surface area contributed by atoms with Gasteiger partial charge in [0.25, 0.3) is 17.4 Å². The second kappa shape index (κ2) is 6.39. The molecule has 0 saturated carbocycles. The molecular formula is C16H16N4O5S. The zero-order valence-electron chi connectivity index (χ0n) is 13.8. The van der Waals surface area contributed by atoms with E-state index in [2.05, 4.69) is 10.0 Å². The van der Waals surface area contributed by atoms with E-state index in [1.54, 1.807) is 6.07 Å². The predicted octanol–water partition coefficient (Wildman–Crippen LogP) is -0.00840. The molecule has 26 heavy (non-hydrogen) atoms. The van der Waals surface area contributed by atoms with Gasteiger partial charge in [-0.25, -0.2) is 13.1 Å².